The number of hydrogen-bond donors (Lipinski definition) is 2. The van der Waals surface area contributed by atoms with Gasteiger partial charge >= 0.3 is 5.69 Å². The number of carbonyl (C=O) groups excluding carboxylic acids is 2. The van der Waals surface area contributed by atoms with Crippen LogP contribution in [0.25, 0.3) is 11.2 Å². The Morgan fingerprint density at radius 3 is 2.53 bits per heavy atom. The van der Waals surface area contributed by atoms with Crippen molar-refractivity contribution in [1.82, 2.24) is 18.7 Å². The van der Waals surface area contributed by atoms with E-state index < -0.39 is 11.2 Å². The predicted octanol–water partition coefficient (Wildman–Crippen LogP) is 1.46. The van der Waals surface area contributed by atoms with E-state index in [2.05, 4.69) is 15.6 Å². The van der Waals surface area contributed by atoms with Crippen LogP contribution in [0.2, 0.25) is 5.02 Å². The van der Waals surface area contributed by atoms with E-state index in [0.717, 1.165) is 4.57 Å². The monoisotopic (exact) mass is 432 g/mol. The Morgan fingerprint density at radius 1 is 1.13 bits per heavy atom. The van der Waals surface area contributed by atoms with E-state index in [9.17, 15) is 19.2 Å². The second kappa shape index (κ2) is 8.54. The Balaban J connectivity index is 1.65. The molecule has 0 bridgehead atoms. The molecule has 0 fully saturated rings. The fourth-order valence-electron chi connectivity index (χ4n) is 3.09. The van der Waals surface area contributed by atoms with Crippen molar-refractivity contribution in [3.63, 3.8) is 0 Å². The topological polar surface area (TPSA) is 120 Å². The molecule has 0 aliphatic carbocycles. The smallest absolute Gasteiger partial charge is 0.326 e. The highest BCUT2D eigenvalue weighted by atomic mass is 35.5. The van der Waals surface area contributed by atoms with Crippen LogP contribution in [0.5, 0.6) is 0 Å². The molecular weight excluding hydrogens is 412 g/mol. The number of carbonyl (C=O) groups is 2. The number of rotatable bonds is 6. The van der Waals surface area contributed by atoms with Gasteiger partial charge in [-0.3, -0.25) is 23.5 Å². The van der Waals surface area contributed by atoms with Gasteiger partial charge in [-0.1, -0.05) is 11.6 Å². The van der Waals surface area contributed by atoms with Crippen molar-refractivity contribution in [2.75, 3.05) is 10.6 Å². The van der Waals surface area contributed by atoms with Gasteiger partial charge in [-0.2, -0.15) is 0 Å². The van der Waals surface area contributed by atoms with Gasteiger partial charge in [0.1, 0.15) is 0 Å². The van der Waals surface area contributed by atoms with Crippen LogP contribution in [0.3, 0.4) is 0 Å². The van der Waals surface area contributed by atoms with Crippen LogP contribution < -0.4 is 21.9 Å². The largest absolute Gasteiger partial charge is 0.332 e. The van der Waals surface area contributed by atoms with Crippen molar-refractivity contribution < 1.29 is 9.59 Å². The second-order valence-electron chi connectivity index (χ2n) is 6.84. The lowest BCUT2D eigenvalue weighted by Crippen LogP contribution is -2.37. The van der Waals surface area contributed by atoms with Gasteiger partial charge in [-0.05, 0) is 24.6 Å². The third-order valence-corrected chi connectivity index (χ3v) is 4.90. The highest BCUT2D eigenvalue weighted by Crippen LogP contribution is 2.25. The van der Waals surface area contributed by atoms with E-state index in [1.807, 2.05) is 0 Å². The van der Waals surface area contributed by atoms with Crippen molar-refractivity contribution in [3.05, 3.63) is 50.4 Å². The Morgan fingerprint density at radius 2 is 1.87 bits per heavy atom. The summed E-state index contributed by atoms with van der Waals surface area (Å²) >= 11 is 6.15. The van der Waals surface area contributed by atoms with Crippen LogP contribution in [0, 0.1) is 0 Å². The minimum absolute atomic E-state index is 0.190. The van der Waals surface area contributed by atoms with E-state index in [4.69, 9.17) is 11.6 Å². The molecule has 0 unspecified atom stereocenters. The average Bonchev–Trinajstić information content (AvgIpc) is 3.10. The first-order chi connectivity index (χ1) is 14.2. The Kier molecular flexibility index (Phi) is 6.06. The predicted molar refractivity (Wildman–Crippen MR) is 114 cm³/mol. The summed E-state index contributed by atoms with van der Waals surface area (Å²) in [5.41, 5.74) is 0.719. The van der Waals surface area contributed by atoms with Crippen molar-refractivity contribution in [1.29, 1.82) is 0 Å². The van der Waals surface area contributed by atoms with Crippen LogP contribution in [0.15, 0.2) is 34.1 Å². The Bertz CT molecular complexity index is 1260. The summed E-state index contributed by atoms with van der Waals surface area (Å²) in [7, 11) is 2.96. The molecule has 0 atom stereocenters. The van der Waals surface area contributed by atoms with Crippen molar-refractivity contribution in [2.24, 2.45) is 14.1 Å². The summed E-state index contributed by atoms with van der Waals surface area (Å²) in [4.78, 5) is 51.9. The Hall–Kier alpha value is -3.40. The van der Waals surface area contributed by atoms with Gasteiger partial charge < -0.3 is 15.2 Å². The molecule has 0 aliphatic heterocycles. The summed E-state index contributed by atoms with van der Waals surface area (Å²) in [5.74, 6) is -0.460. The van der Waals surface area contributed by atoms with Crippen molar-refractivity contribution >= 4 is 46.0 Å². The van der Waals surface area contributed by atoms with E-state index in [-0.39, 0.29) is 18.2 Å². The number of nitrogens with one attached hydrogen (secondary N) is 2. The lowest BCUT2D eigenvalue weighted by molar-refractivity contribution is -0.116. The lowest BCUT2D eigenvalue weighted by Gasteiger charge is -2.10. The molecule has 0 saturated carbocycles. The van der Waals surface area contributed by atoms with Crippen LogP contribution >= 0.6 is 11.6 Å². The van der Waals surface area contributed by atoms with E-state index in [1.54, 1.807) is 29.8 Å². The number of hydrogen-bond acceptors (Lipinski definition) is 5. The van der Waals surface area contributed by atoms with Gasteiger partial charge in [-0.25, -0.2) is 9.78 Å². The van der Waals surface area contributed by atoms with Gasteiger partial charge in [0.2, 0.25) is 11.8 Å². The van der Waals surface area contributed by atoms with Crippen LogP contribution in [-0.2, 0) is 30.2 Å². The van der Waals surface area contributed by atoms with Gasteiger partial charge in [0.15, 0.2) is 11.2 Å². The standard InChI is InChI=1S/C19H21ClN6O4/c1-11(27)22-12-6-7-14(13(20)9-12)23-15(28)5-4-8-26-10-21-17-16(26)18(29)25(3)19(30)24(17)2/h6-7,9-10H,4-5,8H2,1-3H3,(H,22,27)(H,23,28). The third kappa shape index (κ3) is 4.28. The summed E-state index contributed by atoms with van der Waals surface area (Å²) in [6.45, 7) is 1.77. The first kappa shape index (κ1) is 21.3. The maximum Gasteiger partial charge on any atom is 0.332 e. The number of anilines is 2. The molecule has 158 valence electrons. The molecule has 2 amide bonds. The van der Waals surface area contributed by atoms with Crippen molar-refractivity contribution in [2.45, 2.75) is 26.3 Å². The quantitative estimate of drug-likeness (QED) is 0.611. The summed E-state index contributed by atoms with van der Waals surface area (Å²) in [6.07, 6.45) is 2.13. The van der Waals surface area contributed by atoms with Gasteiger partial charge in [-0.15, -0.1) is 0 Å². The van der Waals surface area contributed by atoms with E-state index in [1.165, 1.54) is 24.9 Å². The van der Waals surface area contributed by atoms with Crippen LogP contribution in [0.4, 0.5) is 11.4 Å². The number of imidazole rings is 1. The molecule has 1 aromatic carbocycles. The molecular formula is C19H21ClN6O4. The highest BCUT2D eigenvalue weighted by molar-refractivity contribution is 6.34. The number of halogens is 1. The maximum absolute atomic E-state index is 12.4. The summed E-state index contributed by atoms with van der Waals surface area (Å²) in [6, 6.07) is 4.80. The van der Waals surface area contributed by atoms with E-state index in [0.29, 0.717) is 40.5 Å². The zero-order valence-corrected chi connectivity index (χ0v) is 17.5. The average molecular weight is 433 g/mol. The number of nitrogens with zero attached hydrogens (tertiary/aromatic N) is 4. The molecule has 0 spiro atoms. The normalized spacial score (nSPS) is 10.9. The van der Waals surface area contributed by atoms with Crippen LogP contribution in [0.1, 0.15) is 19.8 Å². The highest BCUT2D eigenvalue weighted by Gasteiger charge is 2.14. The fraction of sp³-hybridized carbons (Fsp3) is 0.316. The fourth-order valence-corrected chi connectivity index (χ4v) is 3.31. The van der Waals surface area contributed by atoms with Crippen molar-refractivity contribution in [3.8, 4) is 0 Å². The van der Waals surface area contributed by atoms with Gasteiger partial charge in [0.25, 0.3) is 5.56 Å². The first-order valence-corrected chi connectivity index (χ1v) is 9.54. The zero-order chi connectivity index (χ0) is 22.0. The number of fused-ring (bicyclic) bond motifs is 1. The molecule has 0 radical (unpaired) electrons. The van der Waals surface area contributed by atoms with Gasteiger partial charge in [0, 0.05) is 39.7 Å². The summed E-state index contributed by atoms with van der Waals surface area (Å²) in [5, 5.41) is 5.64. The first-order valence-electron chi connectivity index (χ1n) is 9.17. The minimum Gasteiger partial charge on any atom is -0.326 e. The minimum atomic E-state index is -0.446. The second-order valence-corrected chi connectivity index (χ2v) is 7.25. The molecule has 30 heavy (non-hydrogen) atoms. The number of amides is 2. The SMILES string of the molecule is CC(=O)Nc1ccc(NC(=O)CCCn2cnc3c2c(=O)n(C)c(=O)n3C)c(Cl)c1. The zero-order valence-electron chi connectivity index (χ0n) is 16.7. The maximum atomic E-state index is 12.4. The molecule has 3 aromatic rings. The molecule has 11 heteroatoms. The molecule has 3 rings (SSSR count). The third-order valence-electron chi connectivity index (χ3n) is 4.58. The molecule has 10 nitrogen and oxygen atoms in total. The molecule has 2 aromatic heterocycles. The molecule has 2 heterocycles. The van der Waals surface area contributed by atoms with E-state index >= 15 is 0 Å². The van der Waals surface area contributed by atoms with Crippen LogP contribution in [-0.4, -0.2) is 30.5 Å². The lowest BCUT2D eigenvalue weighted by atomic mass is 10.2. The Labute approximate surface area is 176 Å². The molecule has 0 saturated heterocycles. The number of benzene rings is 1. The van der Waals surface area contributed by atoms with Gasteiger partial charge in [0.05, 0.1) is 17.0 Å². The molecule has 0 aliphatic rings. The summed E-state index contributed by atoms with van der Waals surface area (Å²) < 4.78 is 3.98. The molecule has 2 N–H and O–H groups in total. The number of aryl methyl sites for hydroxylation is 2. The number of aromatic nitrogens is 4.